The summed E-state index contributed by atoms with van der Waals surface area (Å²) in [5.41, 5.74) is 2.78. The molecule has 2 aromatic rings. The van der Waals surface area contributed by atoms with Crippen molar-refractivity contribution in [2.45, 2.75) is 25.3 Å². The van der Waals surface area contributed by atoms with E-state index < -0.39 is 0 Å². The number of carbonyl (C=O) groups excluding carboxylic acids is 1. The highest BCUT2D eigenvalue weighted by atomic mass is 16.5. The zero-order valence-electron chi connectivity index (χ0n) is 13.9. The van der Waals surface area contributed by atoms with Gasteiger partial charge in [0.1, 0.15) is 5.69 Å². The van der Waals surface area contributed by atoms with Crippen molar-refractivity contribution in [3.05, 3.63) is 47.5 Å². The highest BCUT2D eigenvalue weighted by Crippen LogP contribution is 2.31. The maximum atomic E-state index is 12.7. The van der Waals surface area contributed by atoms with E-state index in [1.54, 1.807) is 12.3 Å². The van der Waals surface area contributed by atoms with Crippen LogP contribution in [0.2, 0.25) is 0 Å². The van der Waals surface area contributed by atoms with Crippen molar-refractivity contribution in [3.8, 4) is 0 Å². The van der Waals surface area contributed by atoms with Crippen molar-refractivity contribution in [2.24, 2.45) is 13.0 Å². The Hall–Kier alpha value is -2.21. The molecule has 1 aliphatic carbocycles. The number of pyridine rings is 1. The number of aryl methyl sites for hydroxylation is 1. The summed E-state index contributed by atoms with van der Waals surface area (Å²) in [6.45, 7) is 2.69. The molecule has 4 rings (SSSR count). The van der Waals surface area contributed by atoms with Crippen molar-refractivity contribution in [3.63, 3.8) is 0 Å². The summed E-state index contributed by atoms with van der Waals surface area (Å²) in [4.78, 5) is 18.8. The van der Waals surface area contributed by atoms with Crippen LogP contribution in [-0.2, 0) is 18.3 Å². The predicted molar refractivity (Wildman–Crippen MR) is 88.5 cm³/mol. The number of hydrogen-bond acceptors (Lipinski definition) is 4. The molecule has 3 heterocycles. The third-order valence-corrected chi connectivity index (χ3v) is 4.79. The molecule has 0 N–H and O–H groups in total. The zero-order valence-corrected chi connectivity index (χ0v) is 13.9. The normalized spacial score (nSPS) is 20.0. The highest BCUT2D eigenvalue weighted by Gasteiger charge is 2.32. The van der Waals surface area contributed by atoms with Crippen LogP contribution in [0.1, 0.15) is 40.5 Å². The van der Waals surface area contributed by atoms with Crippen LogP contribution in [0.3, 0.4) is 0 Å². The van der Waals surface area contributed by atoms with Gasteiger partial charge in [-0.1, -0.05) is 6.07 Å². The van der Waals surface area contributed by atoms with Gasteiger partial charge in [0.05, 0.1) is 18.5 Å². The number of fused-ring (bicyclic) bond motifs is 1. The van der Waals surface area contributed by atoms with Gasteiger partial charge in [0.2, 0.25) is 0 Å². The Bertz CT molecular complexity index is 724. The largest absolute Gasteiger partial charge is 0.380 e. The number of rotatable bonds is 5. The van der Waals surface area contributed by atoms with E-state index in [4.69, 9.17) is 4.74 Å². The summed E-state index contributed by atoms with van der Waals surface area (Å²) in [6.07, 6.45) is 6.09. The van der Waals surface area contributed by atoms with Gasteiger partial charge < -0.3 is 9.64 Å². The third kappa shape index (κ3) is 3.06. The van der Waals surface area contributed by atoms with Gasteiger partial charge in [0.25, 0.3) is 5.91 Å². The topological polar surface area (TPSA) is 60.2 Å². The van der Waals surface area contributed by atoms with Gasteiger partial charge in [-0.15, -0.1) is 0 Å². The Morgan fingerprint density at radius 2 is 2.21 bits per heavy atom. The Labute approximate surface area is 141 Å². The quantitative estimate of drug-likeness (QED) is 0.843. The molecular weight excluding hydrogens is 304 g/mol. The number of carbonyl (C=O) groups is 1. The third-order valence-electron chi connectivity index (χ3n) is 4.79. The van der Waals surface area contributed by atoms with Gasteiger partial charge in [-0.05, 0) is 30.9 Å². The highest BCUT2D eigenvalue weighted by molar-refractivity contribution is 5.92. The first kappa shape index (κ1) is 15.3. The molecule has 2 aliphatic rings. The Kier molecular flexibility index (Phi) is 4.06. The van der Waals surface area contributed by atoms with Gasteiger partial charge in [-0.2, -0.15) is 5.10 Å². The molecule has 1 atom stereocenters. The summed E-state index contributed by atoms with van der Waals surface area (Å²) >= 11 is 0. The van der Waals surface area contributed by atoms with E-state index in [1.807, 2.05) is 35.0 Å². The molecule has 0 aromatic carbocycles. The van der Waals surface area contributed by atoms with Gasteiger partial charge >= 0.3 is 0 Å². The molecular formula is C18H22N4O2. The molecule has 126 valence electrons. The molecule has 6 heteroatoms. The van der Waals surface area contributed by atoms with Crippen LogP contribution in [0.4, 0.5) is 0 Å². The van der Waals surface area contributed by atoms with Crippen LogP contribution in [0.5, 0.6) is 0 Å². The van der Waals surface area contributed by atoms with Crippen LogP contribution in [0, 0.1) is 5.92 Å². The minimum atomic E-state index is -0.0303. The molecule has 1 saturated carbocycles. The van der Waals surface area contributed by atoms with Gasteiger partial charge in [0.15, 0.2) is 0 Å². The number of aromatic nitrogens is 3. The van der Waals surface area contributed by atoms with Crippen molar-refractivity contribution < 1.29 is 9.53 Å². The Morgan fingerprint density at radius 3 is 2.96 bits per heavy atom. The molecule has 6 nitrogen and oxygen atoms in total. The average molecular weight is 326 g/mol. The maximum absolute atomic E-state index is 12.7. The summed E-state index contributed by atoms with van der Waals surface area (Å²) in [5.74, 6) is 0.871. The SMILES string of the molecule is Cn1ncc2c1[C@H](COCC1CC1)CN(C(=O)c1ccccn1)C2. The number of ether oxygens (including phenoxy) is 1. The Balaban J connectivity index is 1.52. The molecule has 1 amide bonds. The van der Waals surface area contributed by atoms with Crippen molar-refractivity contribution in [2.75, 3.05) is 19.8 Å². The lowest BCUT2D eigenvalue weighted by atomic mass is 9.96. The minimum Gasteiger partial charge on any atom is -0.380 e. The van der Waals surface area contributed by atoms with Crippen molar-refractivity contribution in [1.82, 2.24) is 19.7 Å². The summed E-state index contributed by atoms with van der Waals surface area (Å²) in [6, 6.07) is 5.43. The van der Waals surface area contributed by atoms with Gasteiger partial charge in [0, 0.05) is 44.4 Å². The first-order chi connectivity index (χ1) is 11.7. The second-order valence-electron chi connectivity index (χ2n) is 6.76. The van der Waals surface area contributed by atoms with Crippen molar-refractivity contribution >= 4 is 5.91 Å². The van der Waals surface area contributed by atoms with Crippen LogP contribution in [0.25, 0.3) is 0 Å². The van der Waals surface area contributed by atoms with E-state index in [9.17, 15) is 4.79 Å². The molecule has 0 unspecified atom stereocenters. The van der Waals surface area contributed by atoms with E-state index in [1.165, 1.54) is 18.5 Å². The molecule has 0 bridgehead atoms. The van der Waals surface area contributed by atoms with E-state index >= 15 is 0 Å². The fourth-order valence-electron chi connectivity index (χ4n) is 3.36. The standard InChI is InChI=1S/C18H22N4O2/c1-21-17-14(8-20-21)9-22(18(23)16-4-2-3-7-19-16)10-15(17)12-24-11-13-5-6-13/h2-4,7-8,13,15H,5-6,9-12H2,1H3/t15-/m0/s1. The van der Waals surface area contributed by atoms with Crippen LogP contribution in [-0.4, -0.2) is 45.3 Å². The Morgan fingerprint density at radius 1 is 1.33 bits per heavy atom. The number of amides is 1. The van der Waals surface area contributed by atoms with Crippen LogP contribution < -0.4 is 0 Å². The lowest BCUT2D eigenvalue weighted by Gasteiger charge is -2.33. The fourth-order valence-corrected chi connectivity index (χ4v) is 3.36. The molecule has 0 spiro atoms. The first-order valence-electron chi connectivity index (χ1n) is 8.51. The van der Waals surface area contributed by atoms with E-state index in [0.717, 1.165) is 18.1 Å². The van der Waals surface area contributed by atoms with Gasteiger partial charge in [-0.3, -0.25) is 14.5 Å². The molecule has 2 aromatic heterocycles. The summed E-state index contributed by atoms with van der Waals surface area (Å²) < 4.78 is 7.84. The summed E-state index contributed by atoms with van der Waals surface area (Å²) in [5, 5.41) is 4.38. The van der Waals surface area contributed by atoms with E-state index in [0.29, 0.717) is 25.4 Å². The molecule has 0 saturated heterocycles. The minimum absolute atomic E-state index is 0.0303. The first-order valence-corrected chi connectivity index (χ1v) is 8.51. The lowest BCUT2D eigenvalue weighted by Crippen LogP contribution is -2.40. The molecule has 0 radical (unpaired) electrons. The van der Waals surface area contributed by atoms with Gasteiger partial charge in [-0.25, -0.2) is 0 Å². The number of hydrogen-bond donors (Lipinski definition) is 0. The fraction of sp³-hybridized carbons (Fsp3) is 0.500. The van der Waals surface area contributed by atoms with E-state index in [2.05, 4.69) is 10.1 Å². The molecule has 24 heavy (non-hydrogen) atoms. The van der Waals surface area contributed by atoms with Crippen LogP contribution >= 0.6 is 0 Å². The van der Waals surface area contributed by atoms with Crippen LogP contribution in [0.15, 0.2) is 30.6 Å². The monoisotopic (exact) mass is 326 g/mol. The number of nitrogens with zero attached hydrogens (tertiary/aromatic N) is 4. The maximum Gasteiger partial charge on any atom is 0.272 e. The summed E-state index contributed by atoms with van der Waals surface area (Å²) in [7, 11) is 1.96. The zero-order chi connectivity index (χ0) is 16.5. The second kappa shape index (κ2) is 6.36. The van der Waals surface area contributed by atoms with Crippen molar-refractivity contribution in [1.29, 1.82) is 0 Å². The smallest absolute Gasteiger partial charge is 0.272 e. The predicted octanol–water partition coefficient (Wildman–Crippen LogP) is 1.98. The average Bonchev–Trinajstić information content (AvgIpc) is 3.36. The lowest BCUT2D eigenvalue weighted by molar-refractivity contribution is 0.0616. The molecule has 1 aliphatic heterocycles. The molecule has 1 fully saturated rings. The second-order valence-corrected chi connectivity index (χ2v) is 6.76. The van der Waals surface area contributed by atoms with E-state index in [-0.39, 0.29) is 11.8 Å².